The lowest BCUT2D eigenvalue weighted by Crippen LogP contribution is -2.39. The molecule has 0 aromatic carbocycles. The van der Waals surface area contributed by atoms with Crippen molar-refractivity contribution in [3.8, 4) is 0 Å². The Morgan fingerprint density at radius 3 is 2.64 bits per heavy atom. The summed E-state index contributed by atoms with van der Waals surface area (Å²) < 4.78 is 4.75. The molecule has 0 aliphatic rings. The van der Waals surface area contributed by atoms with Gasteiger partial charge < -0.3 is 10.5 Å². The molecule has 0 aliphatic heterocycles. The van der Waals surface area contributed by atoms with Crippen molar-refractivity contribution in [1.29, 1.82) is 0 Å². The van der Waals surface area contributed by atoms with Crippen LogP contribution in [0.2, 0.25) is 0 Å². The maximum absolute atomic E-state index is 10.9. The molecule has 4 N–H and O–H groups in total. The van der Waals surface area contributed by atoms with Gasteiger partial charge in [0.25, 0.3) is 0 Å². The highest BCUT2D eigenvalue weighted by atomic mass is 16.5. The van der Waals surface area contributed by atoms with E-state index >= 15 is 0 Å². The van der Waals surface area contributed by atoms with Crippen LogP contribution in [-0.4, -0.2) is 37.7 Å². The van der Waals surface area contributed by atoms with Crippen LogP contribution in [0.4, 0.5) is 0 Å². The second-order valence-corrected chi connectivity index (χ2v) is 2.42. The molecular formula is C6H15N3O2. The van der Waals surface area contributed by atoms with Crippen LogP contribution in [0.1, 0.15) is 6.42 Å². The van der Waals surface area contributed by atoms with Gasteiger partial charge in [0.05, 0.1) is 6.61 Å². The van der Waals surface area contributed by atoms with E-state index in [0.29, 0.717) is 6.61 Å². The first-order valence-electron chi connectivity index (χ1n) is 3.33. The fraction of sp³-hybridized carbons (Fsp3) is 0.833. The van der Waals surface area contributed by atoms with Crippen molar-refractivity contribution in [3.63, 3.8) is 0 Å². The maximum Gasteiger partial charge on any atom is 0.237 e. The number of methoxy groups -OCH3 is 1. The fourth-order valence-electron chi connectivity index (χ4n) is 0.641. The summed E-state index contributed by atoms with van der Waals surface area (Å²) in [4.78, 5) is 10.9. The van der Waals surface area contributed by atoms with Gasteiger partial charge >= 0.3 is 0 Å². The molecule has 0 spiro atoms. The Bertz CT molecular complexity index is 127. The van der Waals surface area contributed by atoms with Crippen molar-refractivity contribution in [2.45, 2.75) is 12.5 Å². The molecular weight excluding hydrogens is 146 g/mol. The SMILES string of the molecule is COCC(N)CC(=O)N(C)N. The van der Waals surface area contributed by atoms with Crippen LogP contribution in [-0.2, 0) is 9.53 Å². The summed E-state index contributed by atoms with van der Waals surface area (Å²) in [6.45, 7) is 0.375. The van der Waals surface area contributed by atoms with Crippen LogP contribution in [0.25, 0.3) is 0 Å². The van der Waals surface area contributed by atoms with Gasteiger partial charge in [-0.1, -0.05) is 0 Å². The highest BCUT2D eigenvalue weighted by molar-refractivity contribution is 5.75. The summed E-state index contributed by atoms with van der Waals surface area (Å²) in [5.41, 5.74) is 5.49. The van der Waals surface area contributed by atoms with Crippen molar-refractivity contribution >= 4 is 5.91 Å². The molecule has 1 atom stereocenters. The predicted octanol–water partition coefficient (Wildman–Crippen LogP) is -1.32. The lowest BCUT2D eigenvalue weighted by molar-refractivity contribution is -0.130. The van der Waals surface area contributed by atoms with E-state index in [4.69, 9.17) is 16.3 Å². The van der Waals surface area contributed by atoms with Crippen molar-refractivity contribution in [2.24, 2.45) is 11.6 Å². The molecule has 0 heterocycles. The Morgan fingerprint density at radius 1 is 1.73 bits per heavy atom. The normalized spacial score (nSPS) is 12.7. The molecule has 5 nitrogen and oxygen atoms in total. The highest BCUT2D eigenvalue weighted by Gasteiger charge is 2.10. The summed E-state index contributed by atoms with van der Waals surface area (Å²) in [6, 6.07) is -0.265. The zero-order valence-corrected chi connectivity index (χ0v) is 6.91. The van der Waals surface area contributed by atoms with Gasteiger partial charge in [-0.05, 0) is 0 Å². The fourth-order valence-corrected chi connectivity index (χ4v) is 0.641. The van der Waals surface area contributed by atoms with Crippen LogP contribution in [0, 0.1) is 0 Å². The second kappa shape index (κ2) is 5.06. The van der Waals surface area contributed by atoms with Gasteiger partial charge in [-0.15, -0.1) is 0 Å². The van der Waals surface area contributed by atoms with Gasteiger partial charge in [-0.25, -0.2) is 5.84 Å². The third-order valence-electron chi connectivity index (χ3n) is 1.21. The Labute approximate surface area is 66.2 Å². The van der Waals surface area contributed by atoms with Crippen LogP contribution >= 0.6 is 0 Å². The van der Waals surface area contributed by atoms with E-state index in [1.54, 1.807) is 0 Å². The monoisotopic (exact) mass is 161 g/mol. The summed E-state index contributed by atoms with van der Waals surface area (Å²) in [6.07, 6.45) is 0.223. The van der Waals surface area contributed by atoms with Crippen molar-refractivity contribution in [2.75, 3.05) is 20.8 Å². The van der Waals surface area contributed by atoms with Crippen molar-refractivity contribution in [3.05, 3.63) is 0 Å². The Kier molecular flexibility index (Phi) is 4.76. The highest BCUT2D eigenvalue weighted by Crippen LogP contribution is 1.91. The number of carbonyl (C=O) groups excluding carboxylic acids is 1. The van der Waals surface area contributed by atoms with Gasteiger partial charge in [0.1, 0.15) is 0 Å². The van der Waals surface area contributed by atoms with Crippen LogP contribution in [0.5, 0.6) is 0 Å². The lowest BCUT2D eigenvalue weighted by Gasteiger charge is -2.13. The molecule has 1 amide bonds. The number of amides is 1. The number of nitrogens with zero attached hydrogens (tertiary/aromatic N) is 1. The number of rotatable bonds is 4. The quantitative estimate of drug-likeness (QED) is 0.304. The van der Waals surface area contributed by atoms with Gasteiger partial charge in [0.2, 0.25) is 5.91 Å². The minimum Gasteiger partial charge on any atom is -0.383 e. The molecule has 0 saturated carbocycles. The molecule has 1 unspecified atom stereocenters. The molecule has 11 heavy (non-hydrogen) atoms. The molecule has 0 radical (unpaired) electrons. The second-order valence-electron chi connectivity index (χ2n) is 2.42. The molecule has 0 fully saturated rings. The summed E-state index contributed by atoms with van der Waals surface area (Å²) in [5, 5.41) is 1.02. The summed E-state index contributed by atoms with van der Waals surface area (Å²) >= 11 is 0. The maximum atomic E-state index is 10.9. The van der Waals surface area contributed by atoms with E-state index in [2.05, 4.69) is 0 Å². The third-order valence-corrected chi connectivity index (χ3v) is 1.21. The van der Waals surface area contributed by atoms with Crippen molar-refractivity contribution < 1.29 is 9.53 Å². The Hall–Kier alpha value is -0.650. The van der Waals surface area contributed by atoms with Crippen LogP contribution in [0.15, 0.2) is 0 Å². The van der Waals surface area contributed by atoms with E-state index in [9.17, 15) is 4.79 Å². The largest absolute Gasteiger partial charge is 0.383 e. The smallest absolute Gasteiger partial charge is 0.237 e. The van der Waals surface area contributed by atoms with Crippen molar-refractivity contribution in [1.82, 2.24) is 5.01 Å². The first kappa shape index (κ1) is 10.3. The number of nitrogens with two attached hydrogens (primary N) is 2. The lowest BCUT2D eigenvalue weighted by atomic mass is 10.2. The van der Waals surface area contributed by atoms with Gasteiger partial charge in [0, 0.05) is 26.6 Å². The summed E-state index contributed by atoms with van der Waals surface area (Å²) in [7, 11) is 3.03. The average molecular weight is 161 g/mol. The van der Waals surface area contributed by atoms with Gasteiger partial charge in [-0.2, -0.15) is 0 Å². The molecule has 0 bridgehead atoms. The minimum atomic E-state index is -0.265. The molecule has 0 rings (SSSR count). The van der Waals surface area contributed by atoms with E-state index < -0.39 is 0 Å². The zero-order chi connectivity index (χ0) is 8.85. The molecule has 0 aromatic heterocycles. The number of hydrazine groups is 1. The standard InChI is InChI=1S/C6H15N3O2/c1-9(8)6(10)3-5(7)4-11-2/h5H,3-4,7-8H2,1-2H3. The topological polar surface area (TPSA) is 81.6 Å². The Balaban J connectivity index is 3.57. The van der Waals surface area contributed by atoms with Gasteiger partial charge in [-0.3, -0.25) is 9.80 Å². The number of ether oxygens (including phenoxy) is 1. The van der Waals surface area contributed by atoms with E-state index in [1.165, 1.54) is 14.2 Å². The van der Waals surface area contributed by atoms with Crippen LogP contribution in [0.3, 0.4) is 0 Å². The van der Waals surface area contributed by atoms with Gasteiger partial charge in [0.15, 0.2) is 0 Å². The molecule has 0 aromatic rings. The first-order valence-corrected chi connectivity index (χ1v) is 3.33. The minimum absolute atomic E-state index is 0.186. The zero-order valence-electron chi connectivity index (χ0n) is 6.91. The van der Waals surface area contributed by atoms with E-state index in [1.807, 2.05) is 0 Å². The summed E-state index contributed by atoms with van der Waals surface area (Å²) in [5.74, 6) is 4.98. The average Bonchev–Trinajstić information content (AvgIpc) is 1.87. The molecule has 5 heteroatoms. The number of hydrogen-bond donors (Lipinski definition) is 2. The van der Waals surface area contributed by atoms with E-state index in [0.717, 1.165) is 5.01 Å². The number of carbonyl (C=O) groups is 1. The van der Waals surface area contributed by atoms with E-state index in [-0.39, 0.29) is 18.4 Å². The molecule has 66 valence electrons. The number of hydrogen-bond acceptors (Lipinski definition) is 4. The van der Waals surface area contributed by atoms with Crippen LogP contribution < -0.4 is 11.6 Å². The first-order chi connectivity index (χ1) is 5.07. The molecule has 0 aliphatic carbocycles. The molecule has 0 saturated heterocycles. The predicted molar refractivity (Wildman–Crippen MR) is 41.4 cm³/mol. The Morgan fingerprint density at radius 2 is 2.27 bits per heavy atom. The third kappa shape index (κ3) is 4.72.